The summed E-state index contributed by atoms with van der Waals surface area (Å²) in [5.41, 5.74) is 9.47. The third kappa shape index (κ3) is 4.43. The first kappa shape index (κ1) is 21.2. The molecular formula is C20H30N4O3. The van der Waals surface area contributed by atoms with E-state index < -0.39 is 5.41 Å². The average Bonchev–Trinajstić information content (AvgIpc) is 3.46. The fourth-order valence-corrected chi connectivity index (χ4v) is 4.03. The molecule has 27 heavy (non-hydrogen) atoms. The molecule has 2 rings (SSSR count). The lowest BCUT2D eigenvalue weighted by Gasteiger charge is -2.28. The summed E-state index contributed by atoms with van der Waals surface area (Å²) >= 11 is 0. The van der Waals surface area contributed by atoms with Crippen LogP contribution in [0.5, 0.6) is 0 Å². The highest BCUT2D eigenvalue weighted by molar-refractivity contribution is 5.92. The summed E-state index contributed by atoms with van der Waals surface area (Å²) in [7, 11) is 3.18. The summed E-state index contributed by atoms with van der Waals surface area (Å²) in [6, 6.07) is 9.58. The highest BCUT2D eigenvalue weighted by Gasteiger charge is 2.64. The second kappa shape index (κ2) is 9.74. The lowest BCUT2D eigenvalue weighted by atomic mass is 9.88. The first-order chi connectivity index (χ1) is 13.1. The predicted octanol–water partition coefficient (Wildman–Crippen LogP) is 3.89. The summed E-state index contributed by atoms with van der Waals surface area (Å²) < 4.78 is 10.5. The van der Waals surface area contributed by atoms with Gasteiger partial charge in [0.2, 0.25) is 5.91 Å². The second-order valence-electron chi connectivity index (χ2n) is 6.88. The van der Waals surface area contributed by atoms with Gasteiger partial charge in [0.05, 0.1) is 5.41 Å². The van der Waals surface area contributed by atoms with Gasteiger partial charge in [0.15, 0.2) is 6.29 Å². The Morgan fingerprint density at radius 2 is 1.89 bits per heavy atom. The molecule has 0 aromatic heterocycles. The van der Waals surface area contributed by atoms with Crippen molar-refractivity contribution in [2.45, 2.75) is 50.9 Å². The van der Waals surface area contributed by atoms with E-state index in [0.29, 0.717) is 32.4 Å². The zero-order chi connectivity index (χ0) is 19.9. The molecule has 1 fully saturated rings. The van der Waals surface area contributed by atoms with E-state index in [1.807, 2.05) is 49.1 Å². The first-order valence-corrected chi connectivity index (χ1v) is 9.53. The molecule has 3 atom stereocenters. The van der Waals surface area contributed by atoms with Gasteiger partial charge in [0, 0.05) is 38.3 Å². The molecule has 0 N–H and O–H groups in total. The van der Waals surface area contributed by atoms with E-state index in [1.54, 1.807) is 14.2 Å². The van der Waals surface area contributed by atoms with Gasteiger partial charge in [-0.2, -0.15) is 0 Å². The average molecular weight is 374 g/mol. The van der Waals surface area contributed by atoms with Crippen LogP contribution in [0, 0.1) is 5.92 Å². The number of azide groups is 1. The number of likely N-dealkylation sites (N-methyl/N-ethyl adjacent to an activating group) is 1. The van der Waals surface area contributed by atoms with Gasteiger partial charge in [-0.05, 0) is 50.1 Å². The summed E-state index contributed by atoms with van der Waals surface area (Å²) in [6.45, 7) is 5.31. The predicted molar refractivity (Wildman–Crippen MR) is 104 cm³/mol. The number of ether oxygens (including phenoxy) is 2. The van der Waals surface area contributed by atoms with Crippen molar-refractivity contribution in [2.75, 3.05) is 27.3 Å². The molecule has 1 aliphatic rings. The molecule has 7 nitrogen and oxygen atoms in total. The van der Waals surface area contributed by atoms with Gasteiger partial charge in [-0.15, -0.1) is 0 Å². The number of carbonyl (C=O) groups is 1. The largest absolute Gasteiger partial charge is 0.356 e. The normalized spacial score (nSPS) is 22.2. The number of benzene rings is 1. The van der Waals surface area contributed by atoms with Crippen LogP contribution < -0.4 is 0 Å². The molecule has 1 aromatic rings. The molecule has 0 radical (unpaired) electrons. The Bertz CT molecular complexity index is 654. The molecule has 0 unspecified atom stereocenters. The number of amides is 1. The number of rotatable bonds is 11. The third-order valence-electron chi connectivity index (χ3n) is 5.62. The van der Waals surface area contributed by atoms with Crippen molar-refractivity contribution in [1.82, 2.24) is 4.90 Å². The van der Waals surface area contributed by atoms with E-state index in [9.17, 15) is 4.79 Å². The molecule has 1 amide bonds. The Hall–Kier alpha value is -2.08. The molecule has 0 saturated heterocycles. The van der Waals surface area contributed by atoms with Crippen molar-refractivity contribution in [3.63, 3.8) is 0 Å². The zero-order valence-corrected chi connectivity index (χ0v) is 16.7. The van der Waals surface area contributed by atoms with Gasteiger partial charge < -0.3 is 14.4 Å². The number of hydrogen-bond acceptors (Lipinski definition) is 4. The van der Waals surface area contributed by atoms with Crippen molar-refractivity contribution in [2.24, 2.45) is 11.0 Å². The highest BCUT2D eigenvalue weighted by atomic mass is 16.7. The Labute approximate surface area is 161 Å². The van der Waals surface area contributed by atoms with Gasteiger partial charge in [-0.25, -0.2) is 0 Å². The van der Waals surface area contributed by atoms with Gasteiger partial charge in [-0.1, -0.05) is 35.4 Å². The first-order valence-electron chi connectivity index (χ1n) is 9.53. The van der Waals surface area contributed by atoms with Gasteiger partial charge in [0.25, 0.3) is 0 Å². The van der Waals surface area contributed by atoms with E-state index in [4.69, 9.17) is 15.0 Å². The Kier molecular flexibility index (Phi) is 7.66. The maximum atomic E-state index is 13.4. The highest BCUT2D eigenvalue weighted by Crippen LogP contribution is 2.58. The molecule has 0 aliphatic heterocycles. The van der Waals surface area contributed by atoms with Gasteiger partial charge >= 0.3 is 0 Å². The molecule has 1 aliphatic carbocycles. The van der Waals surface area contributed by atoms with Crippen molar-refractivity contribution < 1.29 is 14.3 Å². The molecule has 1 saturated carbocycles. The maximum Gasteiger partial charge on any atom is 0.233 e. The van der Waals surface area contributed by atoms with Gasteiger partial charge in [-0.3, -0.25) is 4.79 Å². The van der Waals surface area contributed by atoms with Crippen molar-refractivity contribution >= 4 is 5.91 Å². The van der Waals surface area contributed by atoms with Crippen LogP contribution in [0.15, 0.2) is 35.4 Å². The van der Waals surface area contributed by atoms with Crippen LogP contribution >= 0.6 is 0 Å². The van der Waals surface area contributed by atoms with Crippen molar-refractivity contribution in [3.05, 3.63) is 46.3 Å². The van der Waals surface area contributed by atoms with E-state index in [1.165, 1.54) is 0 Å². The van der Waals surface area contributed by atoms with Crippen molar-refractivity contribution in [1.29, 1.82) is 0 Å². The van der Waals surface area contributed by atoms with Crippen LogP contribution in [0.4, 0.5) is 0 Å². The Morgan fingerprint density at radius 3 is 2.41 bits per heavy atom. The maximum absolute atomic E-state index is 13.4. The minimum atomic E-state index is -0.609. The Morgan fingerprint density at radius 1 is 1.26 bits per heavy atom. The molecule has 7 heteroatoms. The standard InChI is InChI=1S/C20H30N4O3/c1-5-24(6-2)19(25)20(15-10-8-7-9-11-15)14-16(20)17(22-23-21)12-13-18(26-3)27-4/h7-11,16-18H,5-6,12-14H2,1-4H3/t16-,17+,20+/m0/s1. The summed E-state index contributed by atoms with van der Waals surface area (Å²) in [6.07, 6.45) is 1.57. The van der Waals surface area contributed by atoms with Gasteiger partial charge in [0.1, 0.15) is 0 Å². The van der Waals surface area contributed by atoms with E-state index in [-0.39, 0.29) is 24.2 Å². The number of hydrogen-bond donors (Lipinski definition) is 0. The lowest BCUT2D eigenvalue weighted by molar-refractivity contribution is -0.134. The molecule has 0 spiro atoms. The monoisotopic (exact) mass is 374 g/mol. The second-order valence-corrected chi connectivity index (χ2v) is 6.88. The SMILES string of the molecule is CCN(CC)C(=O)[C@@]1(c2ccccc2)C[C@H]1[C@@H](CCC(OC)OC)N=[N+]=[N-]. The summed E-state index contributed by atoms with van der Waals surface area (Å²) in [4.78, 5) is 18.3. The third-order valence-corrected chi connectivity index (χ3v) is 5.62. The number of methoxy groups -OCH3 is 2. The fourth-order valence-electron chi connectivity index (χ4n) is 4.03. The van der Waals surface area contributed by atoms with E-state index in [0.717, 1.165) is 5.56 Å². The number of nitrogens with zero attached hydrogens (tertiary/aromatic N) is 4. The molecule has 0 bridgehead atoms. The molecule has 148 valence electrons. The van der Waals surface area contributed by atoms with Crippen LogP contribution in [0.25, 0.3) is 10.4 Å². The smallest absolute Gasteiger partial charge is 0.233 e. The van der Waals surface area contributed by atoms with Crippen molar-refractivity contribution in [3.8, 4) is 0 Å². The van der Waals surface area contributed by atoms with Crippen LogP contribution in [0.3, 0.4) is 0 Å². The number of carbonyl (C=O) groups excluding carboxylic acids is 1. The van der Waals surface area contributed by atoms with E-state index in [2.05, 4.69) is 10.0 Å². The zero-order valence-electron chi connectivity index (χ0n) is 16.7. The molecule has 0 heterocycles. The van der Waals surface area contributed by atoms with Crippen LogP contribution in [-0.4, -0.2) is 50.4 Å². The van der Waals surface area contributed by atoms with Crippen LogP contribution in [0.1, 0.15) is 38.7 Å². The topological polar surface area (TPSA) is 87.5 Å². The lowest BCUT2D eigenvalue weighted by Crippen LogP contribution is -2.41. The Balaban J connectivity index is 2.31. The molecular weight excluding hydrogens is 344 g/mol. The van der Waals surface area contributed by atoms with Crippen LogP contribution in [-0.2, 0) is 19.7 Å². The quantitative estimate of drug-likeness (QED) is 0.255. The van der Waals surface area contributed by atoms with E-state index >= 15 is 0 Å². The van der Waals surface area contributed by atoms with Crippen LogP contribution in [0.2, 0.25) is 0 Å². The summed E-state index contributed by atoms with van der Waals surface area (Å²) in [5.74, 6) is 0.107. The minimum absolute atomic E-state index is 0.0155. The molecule has 1 aromatic carbocycles. The summed E-state index contributed by atoms with van der Waals surface area (Å²) in [5, 5.41) is 4.04. The minimum Gasteiger partial charge on any atom is -0.356 e. The fraction of sp³-hybridized carbons (Fsp3) is 0.650.